The van der Waals surface area contributed by atoms with Gasteiger partial charge in [-0.2, -0.15) is 0 Å². The van der Waals surface area contributed by atoms with Crippen LogP contribution in [0.2, 0.25) is 5.21 Å². The summed E-state index contributed by atoms with van der Waals surface area (Å²) in [5.74, 6) is 0. The van der Waals surface area contributed by atoms with E-state index in [-0.39, 0.29) is 18.0 Å². The van der Waals surface area contributed by atoms with Gasteiger partial charge in [-0.3, -0.25) is 0 Å². The van der Waals surface area contributed by atoms with Crippen LogP contribution in [0.5, 0.6) is 0 Å². The molecule has 0 bridgehead atoms. The summed E-state index contributed by atoms with van der Waals surface area (Å²) in [7, 11) is 0. The van der Waals surface area contributed by atoms with Gasteiger partial charge < -0.3 is 0 Å². The van der Waals surface area contributed by atoms with Gasteiger partial charge in [-0.1, -0.05) is 0 Å². The Balaban J connectivity index is 2.13. The van der Waals surface area contributed by atoms with Crippen molar-refractivity contribution < 1.29 is 19.1 Å². The Morgan fingerprint density at radius 2 is 1.96 bits per heavy atom. The molecule has 0 unspecified atom stereocenters. The maximum absolute atomic E-state index is 12.1. The third kappa shape index (κ3) is 4.87. The maximum atomic E-state index is 12.1. The Labute approximate surface area is 158 Å². The number of hydrogen-bond donors (Lipinski definition) is 0. The molecule has 7 heteroatoms. The molecule has 1 aromatic carbocycles. The van der Waals surface area contributed by atoms with Gasteiger partial charge in [0, 0.05) is 0 Å². The van der Waals surface area contributed by atoms with Gasteiger partial charge in [0.2, 0.25) is 0 Å². The number of carbonyl (C=O) groups excluding carboxylic acids is 2. The second kappa shape index (κ2) is 9.64. The van der Waals surface area contributed by atoms with E-state index in [0.29, 0.717) is 22.9 Å². The quantitative estimate of drug-likeness (QED) is 0.487. The third-order valence-corrected chi connectivity index (χ3v) is 5.23. The van der Waals surface area contributed by atoms with E-state index in [1.54, 1.807) is 12.1 Å². The molecule has 6 nitrogen and oxygen atoms in total. The van der Waals surface area contributed by atoms with E-state index >= 15 is 0 Å². The molecule has 2 rings (SSSR count). The van der Waals surface area contributed by atoms with Gasteiger partial charge in [0.25, 0.3) is 0 Å². The third-order valence-electron chi connectivity index (χ3n) is 3.48. The predicted octanol–water partition coefficient (Wildman–Crippen LogP) is 3.67. The van der Waals surface area contributed by atoms with Gasteiger partial charge in [0.15, 0.2) is 0 Å². The molecule has 133 valence electrons. The van der Waals surface area contributed by atoms with Crippen LogP contribution in [0.1, 0.15) is 11.1 Å². The Morgan fingerprint density at radius 1 is 1.23 bits per heavy atom. The van der Waals surface area contributed by atoms with E-state index < -0.39 is 21.8 Å². The van der Waals surface area contributed by atoms with E-state index in [9.17, 15) is 14.9 Å². The standard InChI is InChI=1S/C19H18AsN2O4/c1-3-9-25-18(23)20-8-7-14-5-6-17-16(11-14)15(12-21)13-22(17)19(24)26-10-4-2/h3-6,11,13H,1-2,7-10H2. The molecule has 1 aromatic heterocycles. The first kappa shape index (κ1) is 19.6. The molecule has 1 heterocycles. The van der Waals surface area contributed by atoms with Crippen LogP contribution in [0.15, 0.2) is 49.7 Å². The van der Waals surface area contributed by atoms with Crippen LogP contribution in [-0.2, 0) is 15.9 Å². The van der Waals surface area contributed by atoms with E-state index in [2.05, 4.69) is 19.2 Å². The number of carbonyl (C=O) groups is 2. The number of ether oxygens (including phenoxy) is 2. The first-order valence-electron chi connectivity index (χ1n) is 7.88. The fourth-order valence-corrected chi connectivity index (χ4v) is 3.83. The number of aromatic nitrogens is 1. The van der Waals surface area contributed by atoms with Gasteiger partial charge in [-0.05, 0) is 0 Å². The van der Waals surface area contributed by atoms with Crippen LogP contribution in [0.25, 0.3) is 10.9 Å². The minimum absolute atomic E-state index is 0.101. The van der Waals surface area contributed by atoms with Crippen molar-refractivity contribution in [1.29, 1.82) is 5.26 Å². The summed E-state index contributed by atoms with van der Waals surface area (Å²) in [6, 6.07) is 7.65. The molecule has 0 saturated heterocycles. The normalized spacial score (nSPS) is 10.6. The number of aryl methyl sites for hydroxylation is 1. The second-order valence-corrected chi connectivity index (χ2v) is 7.61. The summed E-state index contributed by atoms with van der Waals surface area (Å²) in [5.41, 5.74) is 2.01. The Bertz CT molecular complexity index is 880. The molecular formula is C19H18AsN2O4. The monoisotopic (exact) mass is 413 g/mol. The summed E-state index contributed by atoms with van der Waals surface area (Å²) in [4.78, 5) is 23.6. The summed E-state index contributed by atoms with van der Waals surface area (Å²) >= 11 is -0.557. The van der Waals surface area contributed by atoms with Crippen molar-refractivity contribution in [2.45, 2.75) is 11.6 Å². The van der Waals surface area contributed by atoms with Crippen molar-refractivity contribution in [2.75, 3.05) is 13.2 Å². The van der Waals surface area contributed by atoms with Crippen LogP contribution >= 0.6 is 0 Å². The summed E-state index contributed by atoms with van der Waals surface area (Å²) in [6.07, 6.45) is 4.64. The van der Waals surface area contributed by atoms with Gasteiger partial charge in [-0.15, -0.1) is 0 Å². The van der Waals surface area contributed by atoms with Crippen molar-refractivity contribution >= 4 is 37.5 Å². The molecule has 2 aromatic rings. The first-order valence-corrected chi connectivity index (χ1v) is 10.1. The molecule has 0 saturated carbocycles. The van der Waals surface area contributed by atoms with E-state index in [4.69, 9.17) is 9.47 Å². The fraction of sp³-hybridized carbons (Fsp3) is 0.211. The molecule has 26 heavy (non-hydrogen) atoms. The van der Waals surface area contributed by atoms with E-state index in [1.807, 2.05) is 12.1 Å². The van der Waals surface area contributed by atoms with Crippen LogP contribution in [0, 0.1) is 11.3 Å². The van der Waals surface area contributed by atoms with Crippen LogP contribution in [-0.4, -0.2) is 44.4 Å². The van der Waals surface area contributed by atoms with Gasteiger partial charge in [-0.25, -0.2) is 0 Å². The number of nitrogens with zero attached hydrogens (tertiary/aromatic N) is 2. The van der Waals surface area contributed by atoms with Crippen molar-refractivity contribution in [3.05, 3.63) is 60.8 Å². The zero-order chi connectivity index (χ0) is 18.9. The number of hydrogen-bond acceptors (Lipinski definition) is 5. The molecule has 0 aliphatic heterocycles. The van der Waals surface area contributed by atoms with Crippen LogP contribution in [0.4, 0.5) is 9.59 Å². The van der Waals surface area contributed by atoms with Gasteiger partial charge >= 0.3 is 158 Å². The van der Waals surface area contributed by atoms with Crippen molar-refractivity contribution in [1.82, 2.24) is 4.57 Å². The molecule has 0 aliphatic carbocycles. The average molecular weight is 413 g/mol. The summed E-state index contributed by atoms with van der Waals surface area (Å²) in [5, 5.41) is 10.7. The van der Waals surface area contributed by atoms with Gasteiger partial charge in [0.05, 0.1) is 0 Å². The van der Waals surface area contributed by atoms with Crippen molar-refractivity contribution in [2.24, 2.45) is 0 Å². The predicted molar refractivity (Wildman–Crippen MR) is 99.4 cm³/mol. The second-order valence-electron chi connectivity index (χ2n) is 5.24. The summed E-state index contributed by atoms with van der Waals surface area (Å²) in [6.45, 7) is 7.35. The van der Waals surface area contributed by atoms with Crippen molar-refractivity contribution in [3.8, 4) is 6.07 Å². The molecular weight excluding hydrogens is 395 g/mol. The topological polar surface area (TPSA) is 81.3 Å². The zero-order valence-electron chi connectivity index (χ0n) is 14.2. The molecule has 0 fully saturated rings. The first-order chi connectivity index (χ1) is 12.6. The molecule has 1 radical (unpaired) electrons. The fourth-order valence-electron chi connectivity index (χ4n) is 2.32. The molecule has 0 atom stereocenters. The number of nitriles is 1. The Kier molecular flexibility index (Phi) is 7.25. The van der Waals surface area contributed by atoms with Gasteiger partial charge in [0.1, 0.15) is 0 Å². The number of fused-ring (bicyclic) bond motifs is 1. The van der Waals surface area contributed by atoms with Crippen LogP contribution in [0.3, 0.4) is 0 Å². The zero-order valence-corrected chi connectivity index (χ0v) is 16.1. The molecule has 0 N–H and O–H groups in total. The molecule has 0 amide bonds. The average Bonchev–Trinajstić information content (AvgIpc) is 3.02. The number of benzene rings is 1. The minimum atomic E-state index is -0.557. The molecule has 0 spiro atoms. The SMILES string of the molecule is C=CCOC(=O)[As]CCc1ccc2c(c1)c(C#N)cn2C(=O)OCC=C. The Hall–Kier alpha value is -2.77. The molecule has 0 aliphatic rings. The number of rotatable bonds is 8. The van der Waals surface area contributed by atoms with E-state index in [0.717, 1.165) is 10.8 Å². The summed E-state index contributed by atoms with van der Waals surface area (Å²) < 4.78 is 11.2. The van der Waals surface area contributed by atoms with Crippen LogP contribution < -0.4 is 0 Å². The van der Waals surface area contributed by atoms with Crippen molar-refractivity contribution in [3.63, 3.8) is 0 Å². The Morgan fingerprint density at radius 3 is 2.65 bits per heavy atom. The van der Waals surface area contributed by atoms with E-state index in [1.165, 1.54) is 16.8 Å².